The molecule has 0 saturated carbocycles. The summed E-state index contributed by atoms with van der Waals surface area (Å²) < 4.78 is 0. The van der Waals surface area contributed by atoms with Gasteiger partial charge in [0.2, 0.25) is 11.8 Å². The Bertz CT molecular complexity index is 458. The fourth-order valence-electron chi connectivity index (χ4n) is 2.57. The fraction of sp³-hybridized carbons (Fsp3) is 0.733. The standard InChI is InChI=1S/C15H28N6O3/c1-21(14(24)12-6-2-3-7-18-12)9-13(23)20-11(10-22)5-4-8-19-15(16)17/h10-12,18H,2-9H2,1H3,(H,20,23)(H4,16,17,19)/t11-,12+/m0/s1. The lowest BCUT2D eigenvalue weighted by atomic mass is 10.0. The van der Waals surface area contributed by atoms with E-state index in [0.29, 0.717) is 25.7 Å². The first-order valence-corrected chi connectivity index (χ1v) is 8.22. The first-order valence-electron chi connectivity index (χ1n) is 8.22. The minimum absolute atomic E-state index is 0.00171. The fourth-order valence-corrected chi connectivity index (χ4v) is 2.57. The zero-order valence-electron chi connectivity index (χ0n) is 14.2. The third-order valence-corrected chi connectivity index (χ3v) is 3.84. The number of carbonyl (C=O) groups excluding carboxylic acids is 3. The van der Waals surface area contributed by atoms with Gasteiger partial charge in [0.15, 0.2) is 5.96 Å². The van der Waals surface area contributed by atoms with E-state index in [0.717, 1.165) is 25.8 Å². The maximum Gasteiger partial charge on any atom is 0.240 e. The van der Waals surface area contributed by atoms with Crippen molar-refractivity contribution in [3.8, 4) is 0 Å². The lowest BCUT2D eigenvalue weighted by Gasteiger charge is -2.27. The molecule has 0 aromatic carbocycles. The van der Waals surface area contributed by atoms with Gasteiger partial charge in [-0.25, -0.2) is 0 Å². The van der Waals surface area contributed by atoms with Crippen molar-refractivity contribution in [1.29, 1.82) is 0 Å². The van der Waals surface area contributed by atoms with Crippen LogP contribution in [0.15, 0.2) is 4.99 Å². The molecular weight excluding hydrogens is 312 g/mol. The van der Waals surface area contributed by atoms with Gasteiger partial charge < -0.3 is 31.8 Å². The summed E-state index contributed by atoms with van der Waals surface area (Å²) in [5.41, 5.74) is 10.4. The highest BCUT2D eigenvalue weighted by atomic mass is 16.2. The van der Waals surface area contributed by atoms with E-state index in [1.165, 1.54) is 4.90 Å². The molecule has 1 saturated heterocycles. The summed E-state index contributed by atoms with van der Waals surface area (Å²) in [4.78, 5) is 40.5. The van der Waals surface area contributed by atoms with E-state index in [2.05, 4.69) is 15.6 Å². The van der Waals surface area contributed by atoms with Crippen LogP contribution < -0.4 is 22.1 Å². The number of rotatable bonds is 9. The molecule has 0 radical (unpaired) electrons. The van der Waals surface area contributed by atoms with Crippen LogP contribution >= 0.6 is 0 Å². The van der Waals surface area contributed by atoms with E-state index in [-0.39, 0.29) is 30.4 Å². The van der Waals surface area contributed by atoms with Gasteiger partial charge in [0.05, 0.1) is 18.6 Å². The molecule has 136 valence electrons. The van der Waals surface area contributed by atoms with Crippen LogP contribution in [0.5, 0.6) is 0 Å². The van der Waals surface area contributed by atoms with Crippen LogP contribution in [-0.2, 0) is 14.4 Å². The number of guanidine groups is 1. The Labute approximate surface area is 142 Å². The first-order chi connectivity index (χ1) is 11.4. The van der Waals surface area contributed by atoms with Crippen LogP contribution in [-0.4, -0.2) is 67.7 Å². The van der Waals surface area contributed by atoms with Crippen molar-refractivity contribution in [3.05, 3.63) is 0 Å². The Kier molecular flexibility index (Phi) is 8.77. The minimum Gasteiger partial charge on any atom is -0.370 e. The molecule has 0 aromatic rings. The first kappa shape index (κ1) is 19.9. The maximum atomic E-state index is 12.2. The van der Waals surface area contributed by atoms with Crippen LogP contribution in [0, 0.1) is 0 Å². The molecule has 24 heavy (non-hydrogen) atoms. The van der Waals surface area contributed by atoms with Crippen LogP contribution in [0.1, 0.15) is 32.1 Å². The molecule has 0 bridgehead atoms. The SMILES string of the molecule is CN(CC(=O)N[C@H](C=O)CCCN=C(N)N)C(=O)[C@H]1CCCCN1. The number of hydrogen-bond donors (Lipinski definition) is 4. The predicted octanol–water partition coefficient (Wildman–Crippen LogP) is -1.68. The van der Waals surface area contributed by atoms with Gasteiger partial charge >= 0.3 is 0 Å². The Morgan fingerprint density at radius 3 is 2.75 bits per heavy atom. The average Bonchev–Trinajstić information content (AvgIpc) is 2.57. The number of nitrogens with one attached hydrogen (secondary N) is 2. The summed E-state index contributed by atoms with van der Waals surface area (Å²) in [7, 11) is 1.59. The highest BCUT2D eigenvalue weighted by Crippen LogP contribution is 2.09. The molecule has 0 aliphatic carbocycles. The van der Waals surface area contributed by atoms with Gasteiger partial charge in [-0.05, 0) is 32.2 Å². The van der Waals surface area contributed by atoms with Crippen LogP contribution in [0.2, 0.25) is 0 Å². The number of nitrogens with two attached hydrogens (primary N) is 2. The lowest BCUT2D eigenvalue weighted by Crippen LogP contribution is -2.50. The van der Waals surface area contributed by atoms with Crippen molar-refractivity contribution < 1.29 is 14.4 Å². The normalized spacial score (nSPS) is 18.3. The summed E-state index contributed by atoms with van der Waals surface area (Å²) in [5, 5.41) is 5.77. The van der Waals surface area contributed by atoms with Gasteiger partial charge in [-0.2, -0.15) is 0 Å². The summed E-state index contributed by atoms with van der Waals surface area (Å²) in [5.74, 6) is -0.459. The average molecular weight is 340 g/mol. The number of aliphatic imine (C=N–C) groups is 1. The second kappa shape index (κ2) is 10.6. The smallest absolute Gasteiger partial charge is 0.240 e. The highest BCUT2D eigenvalue weighted by Gasteiger charge is 2.25. The van der Waals surface area contributed by atoms with Crippen molar-refractivity contribution in [2.75, 3.05) is 26.7 Å². The van der Waals surface area contributed by atoms with E-state index in [4.69, 9.17) is 11.5 Å². The molecule has 6 N–H and O–H groups in total. The topological polar surface area (TPSA) is 143 Å². The van der Waals surface area contributed by atoms with Gasteiger partial charge in [0.1, 0.15) is 6.29 Å². The number of amides is 2. The second-order valence-corrected chi connectivity index (χ2v) is 5.96. The van der Waals surface area contributed by atoms with Crippen LogP contribution in [0.4, 0.5) is 0 Å². The molecule has 1 aliphatic rings. The summed E-state index contributed by atoms with van der Waals surface area (Å²) in [6.07, 6.45) is 4.54. The lowest BCUT2D eigenvalue weighted by molar-refractivity contribution is -0.137. The number of nitrogens with zero attached hydrogens (tertiary/aromatic N) is 2. The molecule has 2 atom stereocenters. The number of hydrogen-bond acceptors (Lipinski definition) is 5. The van der Waals surface area contributed by atoms with E-state index in [9.17, 15) is 14.4 Å². The molecule has 1 aliphatic heterocycles. The van der Waals surface area contributed by atoms with Gasteiger partial charge in [-0.3, -0.25) is 14.6 Å². The van der Waals surface area contributed by atoms with Crippen molar-refractivity contribution in [2.45, 2.75) is 44.2 Å². The molecular formula is C15H28N6O3. The molecule has 1 heterocycles. The summed E-state index contributed by atoms with van der Waals surface area (Å²) in [6, 6.07) is -0.832. The third-order valence-electron chi connectivity index (χ3n) is 3.84. The van der Waals surface area contributed by atoms with Crippen LogP contribution in [0.25, 0.3) is 0 Å². The number of aldehydes is 1. The molecule has 9 nitrogen and oxygen atoms in total. The molecule has 0 aromatic heterocycles. The van der Waals surface area contributed by atoms with Crippen molar-refractivity contribution in [1.82, 2.24) is 15.5 Å². The van der Waals surface area contributed by atoms with Gasteiger partial charge in [-0.1, -0.05) is 6.42 Å². The number of likely N-dealkylation sites (N-methyl/N-ethyl adjacent to an activating group) is 1. The van der Waals surface area contributed by atoms with Crippen molar-refractivity contribution in [3.63, 3.8) is 0 Å². The van der Waals surface area contributed by atoms with Gasteiger partial charge in [0, 0.05) is 13.6 Å². The van der Waals surface area contributed by atoms with E-state index in [1.54, 1.807) is 7.05 Å². The Hall–Kier alpha value is -2.16. The van der Waals surface area contributed by atoms with E-state index >= 15 is 0 Å². The highest BCUT2D eigenvalue weighted by molar-refractivity contribution is 5.88. The molecule has 0 spiro atoms. The molecule has 0 unspecified atom stereocenters. The van der Waals surface area contributed by atoms with Gasteiger partial charge in [0.25, 0.3) is 0 Å². The summed E-state index contributed by atoms with van der Waals surface area (Å²) in [6.45, 7) is 1.14. The Balaban J connectivity index is 2.35. The molecule has 2 amide bonds. The molecule has 1 fully saturated rings. The molecule has 9 heteroatoms. The zero-order valence-corrected chi connectivity index (χ0v) is 14.2. The monoisotopic (exact) mass is 340 g/mol. The Morgan fingerprint density at radius 1 is 1.42 bits per heavy atom. The van der Waals surface area contributed by atoms with Crippen molar-refractivity contribution >= 4 is 24.1 Å². The van der Waals surface area contributed by atoms with Gasteiger partial charge in [-0.15, -0.1) is 0 Å². The largest absolute Gasteiger partial charge is 0.370 e. The van der Waals surface area contributed by atoms with Crippen LogP contribution in [0.3, 0.4) is 0 Å². The zero-order chi connectivity index (χ0) is 17.9. The second-order valence-electron chi connectivity index (χ2n) is 5.96. The van der Waals surface area contributed by atoms with E-state index < -0.39 is 6.04 Å². The third kappa shape index (κ3) is 7.40. The van der Waals surface area contributed by atoms with Crippen molar-refractivity contribution in [2.24, 2.45) is 16.5 Å². The molecule has 1 rings (SSSR count). The number of carbonyl (C=O) groups is 3. The Morgan fingerprint density at radius 2 is 2.17 bits per heavy atom. The predicted molar refractivity (Wildman–Crippen MR) is 91.2 cm³/mol. The van der Waals surface area contributed by atoms with E-state index in [1.807, 2.05) is 0 Å². The maximum absolute atomic E-state index is 12.2. The minimum atomic E-state index is -0.608. The quantitative estimate of drug-likeness (QED) is 0.171. The number of piperidine rings is 1. The summed E-state index contributed by atoms with van der Waals surface area (Å²) >= 11 is 0.